The van der Waals surface area contributed by atoms with Gasteiger partial charge in [0.1, 0.15) is 5.54 Å². The number of benzene rings is 2. The van der Waals surface area contributed by atoms with E-state index in [0.29, 0.717) is 17.3 Å². The van der Waals surface area contributed by atoms with Gasteiger partial charge in [-0.1, -0.05) is 40.9 Å². The normalized spacial score (nSPS) is 31.4. The SMILES string of the molecule is Cc1ccc2c(c1)C1(C(=O)N2)C2C(=O)N(c3cc(Cl)ccc3Cl)C(=O)C2C2CCCN21. The first kappa shape index (κ1) is 19.3. The van der Waals surface area contributed by atoms with Crippen molar-refractivity contribution in [3.63, 3.8) is 0 Å². The van der Waals surface area contributed by atoms with E-state index in [-0.39, 0.29) is 28.6 Å². The number of carbonyl (C=O) groups is 3. The average molecular weight is 456 g/mol. The standard InChI is InChI=1S/C23H19Cl2N3O3/c1-11-4-7-15-13(9-11)23(22(31)26-15)19-18(16-3-2-8-27(16)23)20(29)28(21(19)30)17-10-12(24)5-6-14(17)25/h4-7,9-10,16,18-19H,2-3,8H2,1H3,(H,26,31). The van der Waals surface area contributed by atoms with Gasteiger partial charge in [0.05, 0.1) is 22.5 Å². The molecule has 2 aromatic rings. The lowest BCUT2D eigenvalue weighted by molar-refractivity contribution is -0.135. The molecule has 0 saturated carbocycles. The van der Waals surface area contributed by atoms with Crippen LogP contribution in [0.2, 0.25) is 10.0 Å². The van der Waals surface area contributed by atoms with Crippen molar-refractivity contribution < 1.29 is 14.4 Å². The van der Waals surface area contributed by atoms with Crippen LogP contribution in [0, 0.1) is 18.8 Å². The molecule has 0 aliphatic carbocycles. The molecular weight excluding hydrogens is 437 g/mol. The van der Waals surface area contributed by atoms with Crippen LogP contribution in [0.5, 0.6) is 0 Å². The number of halogens is 2. The summed E-state index contributed by atoms with van der Waals surface area (Å²) < 4.78 is 0. The number of carbonyl (C=O) groups excluding carboxylic acids is 3. The van der Waals surface area contributed by atoms with Crippen molar-refractivity contribution in [2.75, 3.05) is 16.8 Å². The highest BCUT2D eigenvalue weighted by Gasteiger charge is 2.74. The number of imide groups is 1. The molecule has 0 aromatic heterocycles. The first-order chi connectivity index (χ1) is 14.9. The van der Waals surface area contributed by atoms with Crippen LogP contribution < -0.4 is 10.2 Å². The molecule has 6 nitrogen and oxygen atoms in total. The van der Waals surface area contributed by atoms with Gasteiger partial charge in [0.25, 0.3) is 0 Å². The summed E-state index contributed by atoms with van der Waals surface area (Å²) >= 11 is 12.5. The van der Waals surface area contributed by atoms with E-state index in [1.54, 1.807) is 12.1 Å². The molecule has 31 heavy (non-hydrogen) atoms. The van der Waals surface area contributed by atoms with E-state index in [9.17, 15) is 14.4 Å². The van der Waals surface area contributed by atoms with Gasteiger partial charge in [0.15, 0.2) is 0 Å². The molecule has 1 N–H and O–H groups in total. The van der Waals surface area contributed by atoms with E-state index in [1.165, 1.54) is 6.07 Å². The summed E-state index contributed by atoms with van der Waals surface area (Å²) in [6, 6.07) is 10.3. The average Bonchev–Trinajstić information content (AvgIpc) is 3.43. The molecule has 4 unspecified atom stereocenters. The van der Waals surface area contributed by atoms with Gasteiger partial charge >= 0.3 is 0 Å². The molecular formula is C23H19Cl2N3O3. The van der Waals surface area contributed by atoms with Crippen LogP contribution in [0.25, 0.3) is 0 Å². The molecule has 2 aromatic carbocycles. The Balaban J connectivity index is 1.58. The number of amides is 3. The zero-order valence-electron chi connectivity index (χ0n) is 16.7. The summed E-state index contributed by atoms with van der Waals surface area (Å²) in [5.74, 6) is -2.32. The van der Waals surface area contributed by atoms with Crippen LogP contribution in [-0.4, -0.2) is 35.2 Å². The molecule has 4 aliphatic heterocycles. The van der Waals surface area contributed by atoms with Crippen molar-refractivity contribution >= 4 is 52.3 Å². The smallest absolute Gasteiger partial charge is 0.250 e. The van der Waals surface area contributed by atoms with Gasteiger partial charge in [0.2, 0.25) is 17.7 Å². The highest BCUT2D eigenvalue weighted by atomic mass is 35.5. The van der Waals surface area contributed by atoms with Gasteiger partial charge in [0, 0.05) is 22.3 Å². The third-order valence-electron chi connectivity index (χ3n) is 7.30. The first-order valence-corrected chi connectivity index (χ1v) is 11.1. The fraction of sp³-hybridized carbons (Fsp3) is 0.348. The minimum Gasteiger partial charge on any atom is -0.324 e. The fourth-order valence-corrected chi connectivity index (χ4v) is 6.58. The van der Waals surface area contributed by atoms with E-state index in [4.69, 9.17) is 23.2 Å². The second kappa shape index (κ2) is 6.31. The van der Waals surface area contributed by atoms with Crippen LogP contribution in [0.4, 0.5) is 11.4 Å². The topological polar surface area (TPSA) is 69.7 Å². The molecule has 0 radical (unpaired) electrons. The maximum absolute atomic E-state index is 13.9. The molecule has 4 atom stereocenters. The molecule has 4 aliphatic rings. The van der Waals surface area contributed by atoms with Crippen LogP contribution in [0.3, 0.4) is 0 Å². The number of anilines is 2. The summed E-state index contributed by atoms with van der Waals surface area (Å²) in [7, 11) is 0. The molecule has 4 heterocycles. The molecule has 3 amide bonds. The number of hydrogen-bond acceptors (Lipinski definition) is 4. The third-order valence-corrected chi connectivity index (χ3v) is 7.85. The monoisotopic (exact) mass is 455 g/mol. The Morgan fingerprint density at radius 1 is 1.06 bits per heavy atom. The minimum atomic E-state index is -1.18. The van der Waals surface area contributed by atoms with Crippen molar-refractivity contribution in [2.45, 2.75) is 31.3 Å². The Labute approximate surface area is 189 Å². The lowest BCUT2D eigenvalue weighted by Crippen LogP contribution is -2.54. The number of nitrogens with one attached hydrogen (secondary N) is 1. The zero-order chi connectivity index (χ0) is 21.7. The number of nitrogens with zero attached hydrogens (tertiary/aromatic N) is 2. The molecule has 3 fully saturated rings. The summed E-state index contributed by atoms with van der Waals surface area (Å²) in [6.45, 7) is 2.64. The van der Waals surface area contributed by atoms with Crippen molar-refractivity contribution in [1.29, 1.82) is 0 Å². The number of rotatable bonds is 1. The van der Waals surface area contributed by atoms with Gasteiger partial charge in [-0.05, 0) is 50.6 Å². The van der Waals surface area contributed by atoms with E-state index < -0.39 is 23.3 Å². The molecule has 8 heteroatoms. The van der Waals surface area contributed by atoms with Gasteiger partial charge in [-0.25, -0.2) is 4.90 Å². The number of hydrogen-bond donors (Lipinski definition) is 1. The summed E-state index contributed by atoms with van der Waals surface area (Å²) in [5.41, 5.74) is 1.60. The molecule has 1 spiro atoms. The summed E-state index contributed by atoms with van der Waals surface area (Å²) in [6.07, 6.45) is 1.65. The molecule has 3 saturated heterocycles. The van der Waals surface area contributed by atoms with Crippen molar-refractivity contribution in [3.05, 3.63) is 57.6 Å². The van der Waals surface area contributed by atoms with Crippen LogP contribution in [0.15, 0.2) is 36.4 Å². The Morgan fingerprint density at radius 3 is 2.68 bits per heavy atom. The maximum atomic E-state index is 13.9. The third kappa shape index (κ3) is 2.25. The quantitative estimate of drug-likeness (QED) is 0.665. The van der Waals surface area contributed by atoms with Gasteiger partial charge in [-0.2, -0.15) is 0 Å². The fourth-order valence-electron chi connectivity index (χ4n) is 6.21. The largest absolute Gasteiger partial charge is 0.324 e. The maximum Gasteiger partial charge on any atom is 0.250 e. The minimum absolute atomic E-state index is 0.165. The highest BCUT2D eigenvalue weighted by Crippen LogP contribution is 2.61. The van der Waals surface area contributed by atoms with E-state index in [1.807, 2.05) is 25.1 Å². The highest BCUT2D eigenvalue weighted by molar-refractivity contribution is 6.38. The van der Waals surface area contributed by atoms with Gasteiger partial charge in [-0.15, -0.1) is 0 Å². The molecule has 6 rings (SSSR count). The zero-order valence-corrected chi connectivity index (χ0v) is 18.2. The first-order valence-electron chi connectivity index (χ1n) is 10.4. The van der Waals surface area contributed by atoms with E-state index in [2.05, 4.69) is 10.2 Å². The second-order valence-corrected chi connectivity index (χ2v) is 9.63. The number of fused-ring (bicyclic) bond motifs is 7. The molecule has 0 bridgehead atoms. The van der Waals surface area contributed by atoms with E-state index >= 15 is 0 Å². The summed E-state index contributed by atoms with van der Waals surface area (Å²) in [5, 5.41) is 3.64. The Morgan fingerprint density at radius 2 is 1.87 bits per heavy atom. The van der Waals surface area contributed by atoms with E-state index in [0.717, 1.165) is 28.9 Å². The predicted octanol–water partition coefficient (Wildman–Crippen LogP) is 3.73. The predicted molar refractivity (Wildman–Crippen MR) is 117 cm³/mol. The van der Waals surface area contributed by atoms with Crippen LogP contribution in [-0.2, 0) is 19.9 Å². The summed E-state index contributed by atoms with van der Waals surface area (Å²) in [4.78, 5) is 44.4. The van der Waals surface area contributed by atoms with Crippen LogP contribution >= 0.6 is 23.2 Å². The lowest BCUT2D eigenvalue weighted by Gasteiger charge is -2.36. The van der Waals surface area contributed by atoms with Crippen molar-refractivity contribution in [1.82, 2.24) is 4.90 Å². The second-order valence-electron chi connectivity index (χ2n) is 8.78. The van der Waals surface area contributed by atoms with Crippen molar-refractivity contribution in [3.8, 4) is 0 Å². The van der Waals surface area contributed by atoms with Gasteiger partial charge in [-0.3, -0.25) is 19.3 Å². The lowest BCUT2D eigenvalue weighted by atomic mass is 9.75. The number of aryl methyl sites for hydroxylation is 1. The Hall–Kier alpha value is -2.41. The van der Waals surface area contributed by atoms with Crippen molar-refractivity contribution in [2.24, 2.45) is 11.8 Å². The Kier molecular flexibility index (Phi) is 3.93. The van der Waals surface area contributed by atoms with Crippen LogP contribution in [0.1, 0.15) is 24.0 Å². The molecule has 158 valence electrons. The van der Waals surface area contributed by atoms with Gasteiger partial charge < -0.3 is 5.32 Å². The Bertz CT molecular complexity index is 1200.